The molecule has 0 fully saturated rings. The quantitative estimate of drug-likeness (QED) is 0.897. The summed E-state index contributed by atoms with van der Waals surface area (Å²) >= 11 is 0. The summed E-state index contributed by atoms with van der Waals surface area (Å²) in [5.74, 6) is 1.10. The molecule has 2 aromatic rings. The minimum Gasteiger partial charge on any atom is -0.338 e. The summed E-state index contributed by atoms with van der Waals surface area (Å²) in [5.41, 5.74) is 6.19. The summed E-state index contributed by atoms with van der Waals surface area (Å²) in [7, 11) is 0. The van der Waals surface area contributed by atoms with E-state index < -0.39 is 11.0 Å². The molecule has 0 aliphatic carbocycles. The Bertz CT molecular complexity index is 525. The van der Waals surface area contributed by atoms with Crippen LogP contribution in [0.1, 0.15) is 33.6 Å². The van der Waals surface area contributed by atoms with Crippen LogP contribution in [0, 0.1) is 0 Å². The van der Waals surface area contributed by atoms with Gasteiger partial charge in [0.15, 0.2) is 0 Å². The summed E-state index contributed by atoms with van der Waals surface area (Å²) in [6.45, 7) is 7.89. The van der Waals surface area contributed by atoms with E-state index in [0.717, 1.165) is 5.56 Å². The third-order valence-corrected chi connectivity index (χ3v) is 3.51. The molecule has 2 aromatic heterocycles. The first-order chi connectivity index (χ1) is 8.32. The normalized spacial score (nSPS) is 12.7. The molecule has 0 aromatic carbocycles. The predicted molar refractivity (Wildman–Crippen MR) is 68.8 cm³/mol. The molecular weight excluding hydrogens is 228 g/mol. The first-order valence-corrected chi connectivity index (χ1v) is 5.86. The van der Waals surface area contributed by atoms with Gasteiger partial charge in [-0.1, -0.05) is 5.16 Å². The highest BCUT2D eigenvalue weighted by Gasteiger charge is 2.40. The molecule has 18 heavy (non-hydrogen) atoms. The van der Waals surface area contributed by atoms with Crippen LogP contribution in [-0.2, 0) is 5.41 Å². The van der Waals surface area contributed by atoms with Gasteiger partial charge in [0.25, 0.3) is 0 Å². The molecule has 0 bridgehead atoms. The Morgan fingerprint density at radius 2 is 1.72 bits per heavy atom. The van der Waals surface area contributed by atoms with Crippen molar-refractivity contribution in [2.45, 2.75) is 38.6 Å². The van der Waals surface area contributed by atoms with Crippen molar-refractivity contribution in [1.82, 2.24) is 15.1 Å². The van der Waals surface area contributed by atoms with Gasteiger partial charge in [-0.2, -0.15) is 4.98 Å². The number of rotatable bonds is 3. The number of hydrogen-bond donors (Lipinski definition) is 1. The summed E-state index contributed by atoms with van der Waals surface area (Å²) in [4.78, 5) is 8.39. The van der Waals surface area contributed by atoms with Crippen LogP contribution in [-0.4, -0.2) is 20.7 Å². The fourth-order valence-corrected chi connectivity index (χ4v) is 1.37. The van der Waals surface area contributed by atoms with Gasteiger partial charge in [-0.05, 0) is 39.8 Å². The zero-order valence-corrected chi connectivity index (χ0v) is 11.1. The second kappa shape index (κ2) is 4.17. The van der Waals surface area contributed by atoms with Crippen molar-refractivity contribution in [2.24, 2.45) is 5.73 Å². The molecule has 96 valence electrons. The molecule has 0 amide bonds. The van der Waals surface area contributed by atoms with Crippen LogP contribution in [0.4, 0.5) is 0 Å². The average Bonchev–Trinajstić information content (AvgIpc) is 2.78. The number of hydrogen-bond acceptors (Lipinski definition) is 5. The van der Waals surface area contributed by atoms with Crippen LogP contribution in [0.15, 0.2) is 29.0 Å². The molecule has 0 aliphatic rings. The van der Waals surface area contributed by atoms with E-state index in [1.807, 2.05) is 39.8 Å². The van der Waals surface area contributed by atoms with Gasteiger partial charge in [0.2, 0.25) is 11.7 Å². The van der Waals surface area contributed by atoms with Gasteiger partial charge < -0.3 is 10.3 Å². The Morgan fingerprint density at radius 1 is 1.11 bits per heavy atom. The number of nitrogens with two attached hydrogens (primary N) is 1. The third-order valence-electron chi connectivity index (χ3n) is 3.51. The molecule has 0 aliphatic heterocycles. The SMILES string of the molecule is CC(C)(N)C(C)(C)c1nc(-c2ccncc2)no1. The van der Waals surface area contributed by atoms with Crippen molar-refractivity contribution < 1.29 is 4.52 Å². The molecule has 5 heteroatoms. The lowest BCUT2D eigenvalue weighted by Crippen LogP contribution is -2.50. The van der Waals surface area contributed by atoms with Gasteiger partial charge >= 0.3 is 0 Å². The molecule has 0 atom stereocenters. The molecular formula is C13H18N4O. The maximum Gasteiger partial charge on any atom is 0.234 e. The van der Waals surface area contributed by atoms with Crippen molar-refractivity contribution in [2.75, 3.05) is 0 Å². The summed E-state index contributed by atoms with van der Waals surface area (Å²) < 4.78 is 5.35. The van der Waals surface area contributed by atoms with Crippen LogP contribution in [0.25, 0.3) is 11.4 Å². The minimum absolute atomic E-state index is 0.398. The molecule has 2 heterocycles. The fourth-order valence-electron chi connectivity index (χ4n) is 1.37. The Kier molecular flexibility index (Phi) is 2.94. The summed E-state index contributed by atoms with van der Waals surface area (Å²) in [6, 6.07) is 3.68. The first-order valence-electron chi connectivity index (χ1n) is 5.86. The van der Waals surface area contributed by atoms with E-state index in [0.29, 0.717) is 11.7 Å². The maximum absolute atomic E-state index is 6.16. The van der Waals surface area contributed by atoms with Crippen LogP contribution >= 0.6 is 0 Å². The Balaban J connectivity index is 2.38. The van der Waals surface area contributed by atoms with Crippen LogP contribution in [0.2, 0.25) is 0 Å². The Labute approximate surface area is 106 Å². The molecule has 0 spiro atoms. The highest BCUT2D eigenvalue weighted by atomic mass is 16.5. The van der Waals surface area contributed by atoms with Crippen molar-refractivity contribution in [1.29, 1.82) is 0 Å². The van der Waals surface area contributed by atoms with E-state index in [9.17, 15) is 0 Å². The van der Waals surface area contributed by atoms with Gasteiger partial charge in [-0.3, -0.25) is 4.98 Å². The van der Waals surface area contributed by atoms with E-state index in [4.69, 9.17) is 10.3 Å². The smallest absolute Gasteiger partial charge is 0.234 e. The van der Waals surface area contributed by atoms with Crippen molar-refractivity contribution in [3.05, 3.63) is 30.4 Å². The van der Waals surface area contributed by atoms with Crippen LogP contribution in [0.3, 0.4) is 0 Å². The second-order valence-corrected chi connectivity index (χ2v) is 5.51. The lowest BCUT2D eigenvalue weighted by Gasteiger charge is -2.34. The van der Waals surface area contributed by atoms with Gasteiger partial charge in [0, 0.05) is 23.5 Å². The van der Waals surface area contributed by atoms with E-state index in [2.05, 4.69) is 15.1 Å². The number of aromatic nitrogens is 3. The molecule has 2 rings (SSSR count). The monoisotopic (exact) mass is 246 g/mol. The molecule has 0 unspecified atom stereocenters. The largest absolute Gasteiger partial charge is 0.338 e. The maximum atomic E-state index is 6.16. The van der Waals surface area contributed by atoms with Crippen molar-refractivity contribution >= 4 is 0 Å². The minimum atomic E-state index is -0.449. The lowest BCUT2D eigenvalue weighted by molar-refractivity contribution is 0.223. The lowest BCUT2D eigenvalue weighted by atomic mass is 9.75. The van der Waals surface area contributed by atoms with Gasteiger partial charge in [-0.15, -0.1) is 0 Å². The molecule has 2 N–H and O–H groups in total. The molecule has 0 radical (unpaired) electrons. The Hall–Kier alpha value is -1.75. The average molecular weight is 246 g/mol. The fraction of sp³-hybridized carbons (Fsp3) is 0.462. The van der Waals surface area contributed by atoms with Gasteiger partial charge in [0.05, 0.1) is 5.41 Å². The highest BCUT2D eigenvalue weighted by Crippen LogP contribution is 2.32. The zero-order valence-electron chi connectivity index (χ0n) is 11.1. The first kappa shape index (κ1) is 12.7. The van der Waals surface area contributed by atoms with Crippen LogP contribution in [0.5, 0.6) is 0 Å². The molecule has 5 nitrogen and oxygen atoms in total. The standard InChI is InChI=1S/C13H18N4O/c1-12(2,13(3,4)14)11-16-10(17-18-11)9-5-7-15-8-6-9/h5-8H,14H2,1-4H3. The highest BCUT2D eigenvalue weighted by molar-refractivity contribution is 5.52. The van der Waals surface area contributed by atoms with Crippen molar-refractivity contribution in [3.8, 4) is 11.4 Å². The number of pyridine rings is 1. The second-order valence-electron chi connectivity index (χ2n) is 5.51. The van der Waals surface area contributed by atoms with Gasteiger partial charge in [-0.25, -0.2) is 0 Å². The third kappa shape index (κ3) is 2.13. The predicted octanol–water partition coefficient (Wildman–Crippen LogP) is 2.15. The van der Waals surface area contributed by atoms with E-state index in [1.165, 1.54) is 0 Å². The van der Waals surface area contributed by atoms with Gasteiger partial charge in [0.1, 0.15) is 0 Å². The Morgan fingerprint density at radius 3 is 2.28 bits per heavy atom. The van der Waals surface area contributed by atoms with E-state index in [1.54, 1.807) is 12.4 Å². The topological polar surface area (TPSA) is 77.8 Å². The van der Waals surface area contributed by atoms with Crippen LogP contribution < -0.4 is 5.73 Å². The molecule has 0 saturated heterocycles. The number of nitrogens with zero attached hydrogens (tertiary/aromatic N) is 3. The summed E-state index contributed by atoms with van der Waals surface area (Å²) in [5, 5.41) is 4.00. The van der Waals surface area contributed by atoms with Crippen molar-refractivity contribution in [3.63, 3.8) is 0 Å². The molecule has 0 saturated carbocycles. The zero-order chi connectivity index (χ0) is 13.4. The van der Waals surface area contributed by atoms with E-state index in [-0.39, 0.29) is 0 Å². The van der Waals surface area contributed by atoms with E-state index >= 15 is 0 Å². The summed E-state index contributed by atoms with van der Waals surface area (Å²) in [6.07, 6.45) is 3.40.